The maximum absolute atomic E-state index is 9.30. The van der Waals surface area contributed by atoms with Crippen molar-refractivity contribution < 1.29 is 0 Å². The first-order chi connectivity index (χ1) is 10.2. The minimum Gasteiger partial charge on any atom is -0.229 e. The van der Waals surface area contributed by atoms with Gasteiger partial charge >= 0.3 is 0 Å². The van der Waals surface area contributed by atoms with Gasteiger partial charge in [-0.2, -0.15) is 5.26 Å². The van der Waals surface area contributed by atoms with Crippen molar-refractivity contribution in [2.75, 3.05) is 0 Å². The van der Waals surface area contributed by atoms with Crippen LogP contribution in [0.25, 0.3) is 16.3 Å². The lowest BCUT2D eigenvalue weighted by atomic mass is 10.2. The number of nitriles is 1. The van der Waals surface area contributed by atoms with E-state index in [1.54, 1.807) is 11.3 Å². The number of nitrogens with zero attached hydrogens (tertiary/aromatic N) is 2. The number of benzene rings is 2. The third kappa shape index (κ3) is 3.45. The van der Waals surface area contributed by atoms with Crippen LogP contribution in [0.5, 0.6) is 0 Å². The minimum absolute atomic E-state index is 0.594. The SMILES string of the molecule is N#CC(=Cc1cccc(Cl)c1)Sc1nc2ccccc2s1. The second kappa shape index (κ2) is 6.31. The third-order valence-corrected chi connectivity index (χ3v) is 4.99. The summed E-state index contributed by atoms with van der Waals surface area (Å²) in [5.41, 5.74) is 1.87. The van der Waals surface area contributed by atoms with Crippen LogP contribution < -0.4 is 0 Å². The number of hydrogen-bond acceptors (Lipinski definition) is 4. The van der Waals surface area contributed by atoms with E-state index in [1.165, 1.54) is 11.8 Å². The van der Waals surface area contributed by atoms with Crippen LogP contribution in [-0.2, 0) is 0 Å². The molecule has 0 unspecified atom stereocenters. The number of allylic oxidation sites excluding steroid dienone is 1. The Bertz CT molecular complexity index is 829. The molecule has 102 valence electrons. The quantitative estimate of drug-likeness (QED) is 0.463. The lowest BCUT2D eigenvalue weighted by Crippen LogP contribution is -1.76. The molecule has 0 N–H and O–H groups in total. The van der Waals surface area contributed by atoms with E-state index >= 15 is 0 Å². The molecule has 5 heteroatoms. The van der Waals surface area contributed by atoms with E-state index in [4.69, 9.17) is 11.6 Å². The molecule has 3 aromatic rings. The predicted octanol–water partition coefficient (Wildman–Crippen LogP) is 5.61. The standard InChI is InChI=1S/C16H9ClN2S2/c17-12-5-3-4-11(8-12)9-13(10-18)20-16-19-14-6-1-2-7-15(14)21-16/h1-9H. The average molecular weight is 329 g/mol. The Morgan fingerprint density at radius 2 is 2.10 bits per heavy atom. The third-order valence-electron chi connectivity index (χ3n) is 2.73. The molecule has 0 saturated heterocycles. The van der Waals surface area contributed by atoms with Crippen molar-refractivity contribution in [2.45, 2.75) is 4.34 Å². The second-order valence-electron chi connectivity index (χ2n) is 4.22. The number of hydrogen-bond donors (Lipinski definition) is 0. The molecule has 0 aliphatic heterocycles. The molecular weight excluding hydrogens is 320 g/mol. The molecule has 0 aliphatic carbocycles. The van der Waals surface area contributed by atoms with Crippen LogP contribution >= 0.6 is 34.7 Å². The lowest BCUT2D eigenvalue weighted by Gasteiger charge is -1.97. The van der Waals surface area contributed by atoms with Crippen molar-refractivity contribution in [3.63, 3.8) is 0 Å². The van der Waals surface area contributed by atoms with Gasteiger partial charge in [-0.25, -0.2) is 4.98 Å². The maximum atomic E-state index is 9.30. The lowest BCUT2D eigenvalue weighted by molar-refractivity contribution is 1.31. The van der Waals surface area contributed by atoms with Crippen LogP contribution in [0.2, 0.25) is 5.02 Å². The van der Waals surface area contributed by atoms with Crippen molar-refractivity contribution in [1.82, 2.24) is 4.98 Å². The molecule has 0 amide bonds. The number of rotatable bonds is 3. The second-order valence-corrected chi connectivity index (χ2v) is 6.98. The molecule has 0 saturated carbocycles. The zero-order valence-electron chi connectivity index (χ0n) is 10.8. The van der Waals surface area contributed by atoms with E-state index in [-0.39, 0.29) is 0 Å². The summed E-state index contributed by atoms with van der Waals surface area (Å²) in [5.74, 6) is 0. The van der Waals surface area contributed by atoms with Crippen molar-refractivity contribution >= 4 is 51.0 Å². The molecule has 1 aromatic heterocycles. The van der Waals surface area contributed by atoms with Gasteiger partial charge in [0.1, 0.15) is 6.07 Å². The monoisotopic (exact) mass is 328 g/mol. The van der Waals surface area contributed by atoms with Crippen molar-refractivity contribution in [1.29, 1.82) is 5.26 Å². The highest BCUT2D eigenvalue weighted by Crippen LogP contribution is 2.34. The average Bonchev–Trinajstić information content (AvgIpc) is 2.89. The molecule has 3 rings (SSSR count). The fourth-order valence-electron chi connectivity index (χ4n) is 1.82. The van der Waals surface area contributed by atoms with E-state index in [0.29, 0.717) is 9.93 Å². The summed E-state index contributed by atoms with van der Waals surface area (Å²) in [6.07, 6.45) is 1.82. The van der Waals surface area contributed by atoms with E-state index in [1.807, 2.05) is 54.6 Å². The van der Waals surface area contributed by atoms with Gasteiger partial charge in [-0.15, -0.1) is 11.3 Å². The molecule has 1 heterocycles. The molecule has 0 spiro atoms. The van der Waals surface area contributed by atoms with Crippen LogP contribution in [-0.4, -0.2) is 4.98 Å². The van der Waals surface area contributed by atoms with Gasteiger partial charge in [-0.3, -0.25) is 0 Å². The van der Waals surface area contributed by atoms with Gasteiger partial charge in [0, 0.05) is 5.02 Å². The minimum atomic E-state index is 0.594. The Balaban J connectivity index is 1.89. The van der Waals surface area contributed by atoms with E-state index in [0.717, 1.165) is 20.1 Å². The molecule has 0 atom stereocenters. The molecule has 2 nitrogen and oxygen atoms in total. The smallest absolute Gasteiger partial charge is 0.156 e. The highest BCUT2D eigenvalue weighted by Gasteiger charge is 2.07. The number of fused-ring (bicyclic) bond motifs is 1. The maximum Gasteiger partial charge on any atom is 0.156 e. The van der Waals surface area contributed by atoms with Gasteiger partial charge in [0.2, 0.25) is 0 Å². The first-order valence-corrected chi connectivity index (χ1v) is 8.16. The van der Waals surface area contributed by atoms with E-state index < -0.39 is 0 Å². The molecular formula is C16H9ClN2S2. The Labute approximate surface area is 135 Å². The summed E-state index contributed by atoms with van der Waals surface area (Å²) >= 11 is 8.92. The highest BCUT2D eigenvalue weighted by molar-refractivity contribution is 8.05. The summed E-state index contributed by atoms with van der Waals surface area (Å²) in [6, 6.07) is 17.6. The molecule has 21 heavy (non-hydrogen) atoms. The molecule has 0 aliphatic rings. The van der Waals surface area contributed by atoms with Crippen molar-refractivity contribution in [3.8, 4) is 6.07 Å². The fourth-order valence-corrected chi connectivity index (χ4v) is 3.99. The highest BCUT2D eigenvalue weighted by atomic mass is 35.5. The Hall–Kier alpha value is -1.80. The van der Waals surface area contributed by atoms with Gasteiger partial charge in [-0.1, -0.05) is 35.9 Å². The number of thiazole rings is 1. The van der Waals surface area contributed by atoms with Crippen molar-refractivity contribution in [3.05, 3.63) is 64.0 Å². The Kier molecular flexibility index (Phi) is 4.26. The Morgan fingerprint density at radius 1 is 1.24 bits per heavy atom. The first-order valence-electron chi connectivity index (χ1n) is 6.15. The van der Waals surface area contributed by atoms with Gasteiger partial charge in [0.25, 0.3) is 0 Å². The van der Waals surface area contributed by atoms with Crippen LogP contribution in [0.15, 0.2) is 57.8 Å². The molecule has 0 radical (unpaired) electrons. The zero-order chi connectivity index (χ0) is 14.7. The van der Waals surface area contributed by atoms with Crippen LogP contribution in [0.4, 0.5) is 0 Å². The number of para-hydroxylation sites is 1. The van der Waals surface area contributed by atoms with Crippen LogP contribution in [0, 0.1) is 11.3 Å². The summed E-state index contributed by atoms with van der Waals surface area (Å²) in [7, 11) is 0. The van der Waals surface area contributed by atoms with Gasteiger partial charge in [0.15, 0.2) is 4.34 Å². The van der Waals surface area contributed by atoms with Crippen LogP contribution in [0.1, 0.15) is 5.56 Å². The topological polar surface area (TPSA) is 36.7 Å². The Morgan fingerprint density at radius 3 is 2.86 bits per heavy atom. The normalized spacial score (nSPS) is 11.5. The van der Waals surface area contributed by atoms with Crippen molar-refractivity contribution in [2.24, 2.45) is 0 Å². The van der Waals surface area contributed by atoms with E-state index in [2.05, 4.69) is 11.1 Å². The summed E-state index contributed by atoms with van der Waals surface area (Å²) in [5, 5.41) is 9.96. The summed E-state index contributed by atoms with van der Waals surface area (Å²) in [6.45, 7) is 0. The largest absolute Gasteiger partial charge is 0.229 e. The predicted molar refractivity (Wildman–Crippen MR) is 90.5 cm³/mol. The molecule has 0 fully saturated rings. The summed E-state index contributed by atoms with van der Waals surface area (Å²) < 4.78 is 1.99. The zero-order valence-corrected chi connectivity index (χ0v) is 13.2. The van der Waals surface area contributed by atoms with Gasteiger partial charge in [0.05, 0.1) is 15.1 Å². The summed E-state index contributed by atoms with van der Waals surface area (Å²) in [4.78, 5) is 5.12. The number of halogens is 1. The van der Waals surface area contributed by atoms with Gasteiger partial charge < -0.3 is 0 Å². The number of thioether (sulfide) groups is 1. The van der Waals surface area contributed by atoms with E-state index in [9.17, 15) is 5.26 Å². The number of aromatic nitrogens is 1. The molecule has 0 bridgehead atoms. The van der Waals surface area contributed by atoms with Crippen LogP contribution in [0.3, 0.4) is 0 Å². The fraction of sp³-hybridized carbons (Fsp3) is 0. The first kappa shape index (κ1) is 14.2. The van der Waals surface area contributed by atoms with Gasteiger partial charge in [-0.05, 0) is 47.7 Å². The molecule has 2 aromatic carbocycles.